The highest BCUT2D eigenvalue weighted by atomic mass is 35.5. The summed E-state index contributed by atoms with van der Waals surface area (Å²) < 4.78 is 12.9. The molecule has 0 fully saturated rings. The van der Waals surface area contributed by atoms with Gasteiger partial charge in [-0.25, -0.2) is 4.39 Å². The fourth-order valence-electron chi connectivity index (χ4n) is 1.83. The van der Waals surface area contributed by atoms with Crippen molar-refractivity contribution < 1.29 is 9.18 Å². The summed E-state index contributed by atoms with van der Waals surface area (Å²) in [7, 11) is 0. The smallest absolute Gasteiger partial charge is 0.226 e. The summed E-state index contributed by atoms with van der Waals surface area (Å²) in [5.41, 5.74) is 3.79. The molecule has 0 bridgehead atoms. The molecule has 0 saturated carbocycles. The Hall–Kier alpha value is -1.67. The molecule has 2 aromatic rings. The van der Waals surface area contributed by atoms with Crippen molar-refractivity contribution in [2.75, 3.05) is 0 Å². The van der Waals surface area contributed by atoms with Crippen LogP contribution in [0.2, 0.25) is 0 Å². The van der Waals surface area contributed by atoms with Gasteiger partial charge >= 0.3 is 0 Å². The highest BCUT2D eigenvalue weighted by Gasteiger charge is 2.06. The van der Waals surface area contributed by atoms with Gasteiger partial charge in [0.1, 0.15) is 5.82 Å². The van der Waals surface area contributed by atoms with E-state index in [0.29, 0.717) is 0 Å². The van der Waals surface area contributed by atoms with Gasteiger partial charge < -0.3 is 0 Å². The molecular weight excluding hydrogens is 251 g/mol. The molecule has 0 aliphatic carbocycles. The number of hydrogen-bond donors (Lipinski definition) is 0. The summed E-state index contributed by atoms with van der Waals surface area (Å²) >= 11 is 5.41. The van der Waals surface area contributed by atoms with E-state index in [1.54, 1.807) is 12.1 Å². The molecule has 0 aliphatic rings. The number of benzene rings is 2. The molecule has 0 amide bonds. The number of rotatable bonds is 3. The monoisotopic (exact) mass is 262 g/mol. The molecule has 0 atom stereocenters. The van der Waals surface area contributed by atoms with E-state index in [9.17, 15) is 9.18 Å². The third-order valence-electron chi connectivity index (χ3n) is 2.86. The fraction of sp³-hybridized carbons (Fsp3) is 0.133. The lowest BCUT2D eigenvalue weighted by Crippen LogP contribution is -1.97. The van der Waals surface area contributed by atoms with Crippen LogP contribution in [-0.2, 0) is 11.2 Å². The van der Waals surface area contributed by atoms with Crippen LogP contribution in [0, 0.1) is 12.7 Å². The van der Waals surface area contributed by atoms with Crippen molar-refractivity contribution in [1.29, 1.82) is 0 Å². The van der Waals surface area contributed by atoms with Crippen molar-refractivity contribution in [3.8, 4) is 11.1 Å². The van der Waals surface area contributed by atoms with E-state index < -0.39 is 0 Å². The molecule has 18 heavy (non-hydrogen) atoms. The number of hydrogen-bond acceptors (Lipinski definition) is 1. The SMILES string of the molecule is Cc1ccc(-c2ccc(F)cc2)cc1CC(=O)Cl. The van der Waals surface area contributed by atoms with Gasteiger partial charge in [-0.1, -0.05) is 30.3 Å². The molecule has 0 aliphatic heterocycles. The molecule has 0 radical (unpaired) electrons. The number of aryl methyl sites for hydroxylation is 1. The first kappa shape index (κ1) is 12.8. The van der Waals surface area contributed by atoms with Crippen LogP contribution in [0.3, 0.4) is 0 Å². The maximum Gasteiger partial charge on any atom is 0.226 e. The van der Waals surface area contributed by atoms with Gasteiger partial charge in [0.2, 0.25) is 5.24 Å². The Bertz CT molecular complexity index is 576. The first-order valence-electron chi connectivity index (χ1n) is 5.60. The lowest BCUT2D eigenvalue weighted by molar-refractivity contribution is -0.111. The predicted molar refractivity (Wildman–Crippen MR) is 71.1 cm³/mol. The van der Waals surface area contributed by atoms with Crippen LogP contribution in [0.4, 0.5) is 4.39 Å². The van der Waals surface area contributed by atoms with Crippen molar-refractivity contribution in [1.82, 2.24) is 0 Å². The summed E-state index contributed by atoms with van der Waals surface area (Å²) in [5, 5.41) is -0.380. The summed E-state index contributed by atoms with van der Waals surface area (Å²) in [6, 6.07) is 12.1. The highest BCUT2D eigenvalue weighted by Crippen LogP contribution is 2.23. The van der Waals surface area contributed by atoms with Gasteiger partial charge in [0.25, 0.3) is 0 Å². The second-order valence-electron chi connectivity index (χ2n) is 4.18. The van der Waals surface area contributed by atoms with Crippen molar-refractivity contribution in [3.05, 3.63) is 59.4 Å². The molecule has 0 N–H and O–H groups in total. The van der Waals surface area contributed by atoms with Crippen molar-refractivity contribution in [2.24, 2.45) is 0 Å². The Labute approximate surface area is 110 Å². The molecule has 0 heterocycles. The fourth-order valence-corrected chi connectivity index (χ4v) is 1.98. The molecule has 92 valence electrons. The van der Waals surface area contributed by atoms with Gasteiger partial charge in [-0.15, -0.1) is 0 Å². The Kier molecular flexibility index (Phi) is 3.78. The van der Waals surface area contributed by atoms with Crippen LogP contribution >= 0.6 is 11.6 Å². The van der Waals surface area contributed by atoms with E-state index in [2.05, 4.69) is 0 Å². The van der Waals surface area contributed by atoms with Crippen LogP contribution in [0.1, 0.15) is 11.1 Å². The molecule has 1 nitrogen and oxygen atoms in total. The zero-order valence-electron chi connectivity index (χ0n) is 9.91. The summed E-state index contributed by atoms with van der Waals surface area (Å²) in [6.07, 6.45) is 0.211. The van der Waals surface area contributed by atoms with Gasteiger partial charge in [-0.05, 0) is 52.9 Å². The third kappa shape index (κ3) is 2.96. The third-order valence-corrected chi connectivity index (χ3v) is 2.99. The molecule has 0 unspecified atom stereocenters. The number of halogens is 2. The van der Waals surface area contributed by atoms with E-state index in [1.807, 2.05) is 25.1 Å². The van der Waals surface area contributed by atoms with E-state index in [0.717, 1.165) is 22.3 Å². The Morgan fingerprint density at radius 3 is 2.33 bits per heavy atom. The summed E-state index contributed by atoms with van der Waals surface area (Å²) in [4.78, 5) is 11.0. The number of carbonyl (C=O) groups excluding carboxylic acids is 1. The summed E-state index contributed by atoms with van der Waals surface area (Å²) in [5.74, 6) is -0.262. The molecular formula is C15H12ClFO. The average molecular weight is 263 g/mol. The average Bonchev–Trinajstić information content (AvgIpc) is 2.32. The largest absolute Gasteiger partial charge is 0.281 e. The normalized spacial score (nSPS) is 10.4. The molecule has 2 rings (SSSR count). The quantitative estimate of drug-likeness (QED) is 0.761. The van der Waals surface area contributed by atoms with Gasteiger partial charge in [-0.3, -0.25) is 4.79 Å². The molecule has 3 heteroatoms. The second-order valence-corrected chi connectivity index (χ2v) is 4.60. The molecule has 2 aromatic carbocycles. The summed E-state index contributed by atoms with van der Waals surface area (Å²) in [6.45, 7) is 1.93. The first-order valence-corrected chi connectivity index (χ1v) is 5.98. The predicted octanol–water partition coefficient (Wildman–Crippen LogP) is 4.11. The van der Waals surface area contributed by atoms with Crippen LogP contribution in [0.15, 0.2) is 42.5 Å². The van der Waals surface area contributed by atoms with Gasteiger partial charge in [0.05, 0.1) is 0 Å². The lowest BCUT2D eigenvalue weighted by Gasteiger charge is -2.07. The maximum atomic E-state index is 12.9. The minimum Gasteiger partial charge on any atom is -0.281 e. The second kappa shape index (κ2) is 5.32. The topological polar surface area (TPSA) is 17.1 Å². The Morgan fingerprint density at radius 1 is 1.11 bits per heavy atom. The van der Waals surface area contributed by atoms with Crippen molar-refractivity contribution in [3.63, 3.8) is 0 Å². The highest BCUT2D eigenvalue weighted by molar-refractivity contribution is 6.63. The lowest BCUT2D eigenvalue weighted by atomic mass is 9.98. The van der Waals surface area contributed by atoms with Gasteiger partial charge in [0.15, 0.2) is 0 Å². The van der Waals surface area contributed by atoms with E-state index in [-0.39, 0.29) is 17.5 Å². The van der Waals surface area contributed by atoms with Gasteiger partial charge in [0, 0.05) is 6.42 Å². The van der Waals surface area contributed by atoms with Crippen molar-refractivity contribution in [2.45, 2.75) is 13.3 Å². The standard InChI is InChI=1S/C15H12ClFO/c1-10-2-3-12(8-13(10)9-15(16)18)11-4-6-14(17)7-5-11/h2-8H,9H2,1H3. The molecule has 0 spiro atoms. The zero-order valence-corrected chi connectivity index (χ0v) is 10.7. The van der Waals surface area contributed by atoms with Crippen LogP contribution in [-0.4, -0.2) is 5.24 Å². The van der Waals surface area contributed by atoms with E-state index >= 15 is 0 Å². The maximum absolute atomic E-state index is 12.9. The van der Waals surface area contributed by atoms with E-state index in [4.69, 9.17) is 11.6 Å². The minimum atomic E-state index is -0.380. The Balaban J connectivity index is 2.40. The van der Waals surface area contributed by atoms with E-state index in [1.165, 1.54) is 12.1 Å². The minimum absolute atomic E-state index is 0.211. The van der Waals surface area contributed by atoms with Gasteiger partial charge in [-0.2, -0.15) is 0 Å². The molecule has 0 aromatic heterocycles. The number of carbonyl (C=O) groups is 1. The van der Waals surface area contributed by atoms with Crippen molar-refractivity contribution >= 4 is 16.8 Å². The Morgan fingerprint density at radius 2 is 1.72 bits per heavy atom. The molecule has 0 saturated heterocycles. The van der Waals surface area contributed by atoms with Crippen LogP contribution in [0.25, 0.3) is 11.1 Å². The van der Waals surface area contributed by atoms with Crippen LogP contribution < -0.4 is 0 Å². The van der Waals surface area contributed by atoms with Crippen LogP contribution in [0.5, 0.6) is 0 Å². The zero-order chi connectivity index (χ0) is 13.1. The first-order chi connectivity index (χ1) is 8.56.